The molecule has 0 bridgehead atoms. The molecule has 0 aliphatic carbocycles. The Morgan fingerprint density at radius 1 is 1.09 bits per heavy atom. The van der Waals surface area contributed by atoms with Crippen molar-refractivity contribution in [3.8, 4) is 11.1 Å². The number of aliphatic hydroxyl groups is 1. The molecule has 11 heteroatoms. The summed E-state index contributed by atoms with van der Waals surface area (Å²) in [5.41, 5.74) is 6.11. The van der Waals surface area contributed by atoms with E-state index in [4.69, 9.17) is 11.6 Å². The fourth-order valence-electron chi connectivity index (χ4n) is 6.58. The Bertz CT molecular complexity index is 1900. The van der Waals surface area contributed by atoms with Crippen LogP contribution < -0.4 is 10.9 Å². The van der Waals surface area contributed by atoms with Gasteiger partial charge in [-0.25, -0.2) is 4.98 Å². The van der Waals surface area contributed by atoms with Crippen molar-refractivity contribution in [2.45, 2.75) is 45.4 Å². The van der Waals surface area contributed by atoms with Gasteiger partial charge in [0.05, 0.1) is 16.8 Å². The van der Waals surface area contributed by atoms with E-state index in [1.807, 2.05) is 48.9 Å². The van der Waals surface area contributed by atoms with Crippen LogP contribution in [0.3, 0.4) is 0 Å². The standard InChI is InChI=1S/C35H39ClN6O4/c1-21-25(26-9-5-7-23(32(26)36)16-31(44)33-37-29-20-39(2)13-12-30(29)41(33)4)8-6-10-28(21)38-34(45)27-15-22(17-40(3)35(27)46)18-42-14-11-24(43)19-42/h5-10,15,17,24,43H,11-14,16,18-20H2,1-4H3,(H,38,45)/t24-/m1/s1. The highest BCUT2D eigenvalue weighted by molar-refractivity contribution is 6.34. The van der Waals surface area contributed by atoms with Crippen LogP contribution in [-0.2, 0) is 40.0 Å². The second-order valence-electron chi connectivity index (χ2n) is 12.5. The molecule has 0 radical (unpaired) electrons. The lowest BCUT2D eigenvalue weighted by Crippen LogP contribution is -2.29. The fraction of sp³-hybridized carbons (Fsp3) is 0.371. The third kappa shape index (κ3) is 6.30. The average Bonchev–Trinajstić information content (AvgIpc) is 3.58. The average molecular weight is 643 g/mol. The van der Waals surface area contributed by atoms with Crippen LogP contribution in [0.15, 0.2) is 53.5 Å². The minimum atomic E-state index is -0.501. The number of hydrogen-bond donors (Lipinski definition) is 2. The van der Waals surface area contributed by atoms with Gasteiger partial charge in [0.1, 0.15) is 5.56 Å². The molecule has 0 unspecified atom stereocenters. The molecule has 0 saturated carbocycles. The first-order chi connectivity index (χ1) is 22.0. The van der Waals surface area contributed by atoms with Gasteiger partial charge in [0.25, 0.3) is 11.5 Å². The van der Waals surface area contributed by atoms with Gasteiger partial charge in [-0.15, -0.1) is 0 Å². The molecular weight excluding hydrogens is 604 g/mol. The number of aromatic nitrogens is 3. The Balaban J connectivity index is 1.23. The third-order valence-corrected chi connectivity index (χ3v) is 9.58. The topological polar surface area (TPSA) is 113 Å². The van der Waals surface area contributed by atoms with Crippen LogP contribution in [0.2, 0.25) is 5.02 Å². The zero-order valence-corrected chi connectivity index (χ0v) is 27.4. The van der Waals surface area contributed by atoms with Crippen molar-refractivity contribution >= 4 is 29.0 Å². The molecule has 46 heavy (non-hydrogen) atoms. The van der Waals surface area contributed by atoms with Crippen LogP contribution in [-0.4, -0.2) is 73.5 Å². The number of Topliss-reactive ketones (excluding diaryl/α,β-unsaturated/α-hetero) is 1. The number of β-amino-alcohol motifs (C(OH)–C–C–N with tert-alkyl or cyclic N) is 1. The highest BCUT2D eigenvalue weighted by Gasteiger charge is 2.25. The van der Waals surface area contributed by atoms with Crippen molar-refractivity contribution in [1.29, 1.82) is 0 Å². The number of aliphatic hydroxyl groups excluding tert-OH is 1. The van der Waals surface area contributed by atoms with E-state index in [0.29, 0.717) is 41.6 Å². The van der Waals surface area contributed by atoms with E-state index >= 15 is 0 Å². The number of pyridine rings is 1. The summed E-state index contributed by atoms with van der Waals surface area (Å²) in [4.78, 5) is 48.9. The maximum atomic E-state index is 13.5. The number of carbonyl (C=O) groups excluding carboxylic acids is 2. The second kappa shape index (κ2) is 13.0. The molecule has 4 aromatic rings. The number of anilines is 1. The van der Waals surface area contributed by atoms with E-state index in [-0.39, 0.29) is 23.9 Å². The molecule has 1 amide bonds. The molecule has 2 aromatic heterocycles. The van der Waals surface area contributed by atoms with Crippen molar-refractivity contribution in [3.05, 3.63) is 104 Å². The van der Waals surface area contributed by atoms with Gasteiger partial charge in [-0.1, -0.05) is 41.9 Å². The van der Waals surface area contributed by atoms with Crippen LogP contribution in [0.5, 0.6) is 0 Å². The molecule has 2 aromatic carbocycles. The summed E-state index contributed by atoms with van der Waals surface area (Å²) >= 11 is 6.96. The maximum Gasteiger partial charge on any atom is 0.263 e. The number of benzene rings is 2. The number of rotatable bonds is 8. The minimum absolute atomic E-state index is 0.0469. The Hall–Kier alpha value is -4.09. The fourth-order valence-corrected chi connectivity index (χ4v) is 6.88. The molecule has 10 nitrogen and oxygen atoms in total. The molecule has 1 saturated heterocycles. The van der Waals surface area contributed by atoms with Gasteiger partial charge in [-0.3, -0.25) is 19.3 Å². The molecule has 2 N–H and O–H groups in total. The number of nitrogens with one attached hydrogen (secondary N) is 1. The second-order valence-corrected chi connectivity index (χ2v) is 12.9. The lowest BCUT2D eigenvalue weighted by molar-refractivity contribution is 0.0978. The zero-order valence-electron chi connectivity index (χ0n) is 26.6. The number of amides is 1. The maximum absolute atomic E-state index is 13.5. The molecule has 2 aliphatic heterocycles. The highest BCUT2D eigenvalue weighted by Crippen LogP contribution is 2.36. The SMILES string of the molecule is Cc1c(NC(=O)c2cc(CN3CC[C@@H](O)C3)cn(C)c2=O)cccc1-c1cccc(CC(=O)c2nc3c(n2C)CCN(C)C3)c1Cl. The van der Waals surface area contributed by atoms with Crippen molar-refractivity contribution < 1.29 is 14.7 Å². The molecule has 4 heterocycles. The molecule has 1 atom stereocenters. The summed E-state index contributed by atoms with van der Waals surface area (Å²) in [6, 6.07) is 12.8. The largest absolute Gasteiger partial charge is 0.392 e. The minimum Gasteiger partial charge on any atom is -0.392 e. The number of nitrogens with zero attached hydrogens (tertiary/aromatic N) is 5. The van der Waals surface area contributed by atoms with Crippen LogP contribution in [0, 0.1) is 6.92 Å². The van der Waals surface area contributed by atoms with Gasteiger partial charge in [-0.2, -0.15) is 0 Å². The lowest BCUT2D eigenvalue weighted by atomic mass is 9.96. The Morgan fingerprint density at radius 3 is 2.61 bits per heavy atom. The Kier molecular flexibility index (Phi) is 8.98. The van der Waals surface area contributed by atoms with Crippen molar-refractivity contribution in [2.75, 3.05) is 32.0 Å². The van der Waals surface area contributed by atoms with Crippen molar-refractivity contribution in [2.24, 2.45) is 14.1 Å². The summed E-state index contributed by atoms with van der Waals surface area (Å²) in [5, 5.41) is 13.3. The summed E-state index contributed by atoms with van der Waals surface area (Å²) in [5.74, 6) is -0.157. The van der Waals surface area contributed by atoms with Crippen molar-refractivity contribution in [3.63, 3.8) is 0 Å². The summed E-state index contributed by atoms with van der Waals surface area (Å²) in [7, 11) is 5.58. The summed E-state index contributed by atoms with van der Waals surface area (Å²) in [6.45, 7) is 5.41. The summed E-state index contributed by atoms with van der Waals surface area (Å²) in [6.07, 6.45) is 3.05. The number of aryl methyl sites for hydroxylation is 1. The monoisotopic (exact) mass is 642 g/mol. The molecule has 6 rings (SSSR count). The van der Waals surface area contributed by atoms with Gasteiger partial charge in [0.2, 0.25) is 5.78 Å². The van der Waals surface area contributed by atoms with E-state index in [1.54, 1.807) is 25.4 Å². The van der Waals surface area contributed by atoms with Gasteiger partial charge in [0.15, 0.2) is 5.82 Å². The van der Waals surface area contributed by atoms with Crippen LogP contribution in [0.4, 0.5) is 5.69 Å². The van der Waals surface area contributed by atoms with Crippen molar-refractivity contribution in [1.82, 2.24) is 23.9 Å². The number of fused-ring (bicyclic) bond motifs is 1. The normalized spacial score (nSPS) is 16.9. The van der Waals surface area contributed by atoms with E-state index in [9.17, 15) is 19.5 Å². The van der Waals surface area contributed by atoms with Crippen LogP contribution in [0.1, 0.15) is 55.5 Å². The number of hydrogen-bond acceptors (Lipinski definition) is 7. The number of likely N-dealkylation sites (N-methyl/N-ethyl adjacent to an activating group) is 1. The van der Waals surface area contributed by atoms with E-state index < -0.39 is 11.5 Å². The molecular formula is C35H39ClN6O4. The van der Waals surface area contributed by atoms with Gasteiger partial charge in [-0.05, 0) is 54.8 Å². The molecule has 240 valence electrons. The van der Waals surface area contributed by atoms with E-state index in [1.165, 1.54) is 4.57 Å². The van der Waals surface area contributed by atoms with E-state index in [2.05, 4.69) is 27.1 Å². The van der Waals surface area contributed by atoms with Gasteiger partial charge in [0, 0.05) is 82.8 Å². The lowest BCUT2D eigenvalue weighted by Gasteiger charge is -2.21. The molecule has 1 fully saturated rings. The van der Waals surface area contributed by atoms with E-state index in [0.717, 1.165) is 59.7 Å². The third-order valence-electron chi connectivity index (χ3n) is 9.14. The first kappa shape index (κ1) is 31.9. The highest BCUT2D eigenvalue weighted by atomic mass is 35.5. The first-order valence-electron chi connectivity index (χ1n) is 15.5. The van der Waals surface area contributed by atoms with Crippen LogP contribution >= 0.6 is 11.6 Å². The van der Waals surface area contributed by atoms with Gasteiger partial charge >= 0.3 is 0 Å². The molecule has 2 aliphatic rings. The number of carbonyl (C=O) groups is 2. The first-order valence-corrected chi connectivity index (χ1v) is 15.9. The summed E-state index contributed by atoms with van der Waals surface area (Å²) < 4.78 is 3.34. The molecule has 0 spiro atoms. The van der Waals surface area contributed by atoms with Gasteiger partial charge < -0.3 is 24.5 Å². The zero-order chi connectivity index (χ0) is 32.7. The number of likely N-dealkylation sites (tertiary alicyclic amines) is 1. The number of halogens is 1. The number of ketones is 1. The Labute approximate surface area is 273 Å². The van der Waals surface area contributed by atoms with Crippen LogP contribution in [0.25, 0.3) is 11.1 Å². The number of imidazole rings is 1. The Morgan fingerprint density at radius 2 is 1.85 bits per heavy atom. The predicted molar refractivity (Wildman–Crippen MR) is 178 cm³/mol. The smallest absolute Gasteiger partial charge is 0.263 e. The quantitative estimate of drug-likeness (QED) is 0.280. The predicted octanol–water partition coefficient (Wildman–Crippen LogP) is 3.98.